The Morgan fingerprint density at radius 1 is 1.14 bits per heavy atom. The molecular weight excluding hydrogens is 536 g/mol. The monoisotopic (exact) mass is 580 g/mol. The summed E-state index contributed by atoms with van der Waals surface area (Å²) in [5.74, 6) is 1.00. The van der Waals surface area contributed by atoms with Gasteiger partial charge in [0, 0.05) is 43.7 Å². The fourth-order valence-electron chi connectivity index (χ4n) is 7.40. The molecule has 1 aliphatic heterocycles. The zero-order chi connectivity index (χ0) is 30.0. The number of amides is 1. The lowest BCUT2D eigenvalue weighted by atomic mass is 9.57. The Kier molecular flexibility index (Phi) is 8.23. The second-order valence-electron chi connectivity index (χ2n) is 13.6. The molecule has 0 saturated heterocycles. The van der Waals surface area contributed by atoms with Crippen LogP contribution in [0.2, 0.25) is 0 Å². The molecule has 0 atom stereocenters. The highest BCUT2D eigenvalue weighted by atomic mass is 16.1. The Bertz CT molecular complexity index is 1500. The Balaban J connectivity index is 1.24. The van der Waals surface area contributed by atoms with E-state index < -0.39 is 0 Å². The van der Waals surface area contributed by atoms with Crippen molar-refractivity contribution in [2.24, 2.45) is 13.0 Å². The number of hydrogen-bond acceptors (Lipinski definition) is 7. The van der Waals surface area contributed by atoms with Crippen LogP contribution in [0.5, 0.6) is 0 Å². The number of nitrogens with zero attached hydrogens (tertiary/aromatic N) is 5. The number of fused-ring (bicyclic) bond motifs is 1. The number of hydrogen-bond donors (Lipinski definition) is 3. The molecule has 1 aromatic carbocycles. The third-order valence-electron chi connectivity index (χ3n) is 9.83. The van der Waals surface area contributed by atoms with Gasteiger partial charge in [-0.15, -0.1) is 10.2 Å². The van der Waals surface area contributed by atoms with Gasteiger partial charge in [-0.1, -0.05) is 58.1 Å². The van der Waals surface area contributed by atoms with Gasteiger partial charge in [0.25, 0.3) is 5.91 Å². The van der Waals surface area contributed by atoms with Gasteiger partial charge in [-0.3, -0.25) is 4.79 Å². The maximum atomic E-state index is 13.8. The first-order valence-corrected chi connectivity index (χ1v) is 15.9. The lowest BCUT2D eigenvalue weighted by molar-refractivity contribution is 0.102. The molecule has 226 valence electrons. The minimum absolute atomic E-state index is 0.160. The van der Waals surface area contributed by atoms with Crippen LogP contribution in [0.1, 0.15) is 111 Å². The van der Waals surface area contributed by atoms with Crippen molar-refractivity contribution < 1.29 is 4.79 Å². The molecule has 0 spiro atoms. The number of anilines is 2. The van der Waals surface area contributed by atoms with E-state index in [0.717, 1.165) is 60.0 Å². The molecule has 43 heavy (non-hydrogen) atoms. The van der Waals surface area contributed by atoms with Crippen LogP contribution in [-0.2, 0) is 24.4 Å². The topological polar surface area (TPSA) is 121 Å². The summed E-state index contributed by atoms with van der Waals surface area (Å²) in [6, 6.07) is 12.8. The van der Waals surface area contributed by atoms with Crippen LogP contribution in [-0.4, -0.2) is 38.2 Å². The number of rotatable bonds is 8. The standard InChI is InChI=1S/C34H44N8O/c1-33(2)21-37-29-24(20-36-26-11-7-5-4-6-8-12-26)16-28(40-30(29)33)31(43)39-27-13-9-10-25(17-27)34(18-23(19-34)14-15-35)32-41-38-22-42(32)3/h9-10,13,16-17,22-23,26,36-37H,4-8,11-12,14,18-21H2,1-3H3,(H,39,43). The molecule has 6 rings (SSSR count). The smallest absolute Gasteiger partial charge is 0.274 e. The molecule has 2 saturated carbocycles. The molecule has 2 aliphatic carbocycles. The average Bonchev–Trinajstić information content (AvgIpc) is 3.52. The van der Waals surface area contributed by atoms with Crippen molar-refractivity contribution >= 4 is 17.3 Å². The molecule has 9 nitrogen and oxygen atoms in total. The Hall–Kier alpha value is -3.77. The van der Waals surface area contributed by atoms with Gasteiger partial charge >= 0.3 is 0 Å². The van der Waals surface area contributed by atoms with Crippen molar-refractivity contribution in [3.63, 3.8) is 0 Å². The van der Waals surface area contributed by atoms with Crippen molar-refractivity contribution in [2.75, 3.05) is 17.2 Å². The number of carbonyl (C=O) groups is 1. The lowest BCUT2D eigenvalue weighted by Crippen LogP contribution is -2.44. The number of nitriles is 1. The van der Waals surface area contributed by atoms with E-state index in [9.17, 15) is 10.1 Å². The van der Waals surface area contributed by atoms with Crippen molar-refractivity contribution in [1.29, 1.82) is 5.26 Å². The molecule has 2 fully saturated rings. The summed E-state index contributed by atoms with van der Waals surface area (Å²) in [6.45, 7) is 5.88. The quantitative estimate of drug-likeness (QED) is 0.300. The van der Waals surface area contributed by atoms with Crippen LogP contribution in [0, 0.1) is 17.2 Å². The zero-order valence-electron chi connectivity index (χ0n) is 25.7. The van der Waals surface area contributed by atoms with Gasteiger partial charge in [0.05, 0.1) is 22.9 Å². The number of aryl methyl sites for hydroxylation is 1. The fourth-order valence-corrected chi connectivity index (χ4v) is 7.40. The van der Waals surface area contributed by atoms with Gasteiger partial charge in [-0.05, 0) is 60.9 Å². The molecular formula is C34H44N8O. The van der Waals surface area contributed by atoms with Crippen LogP contribution in [0.15, 0.2) is 36.7 Å². The normalized spacial score (nSPS) is 23.3. The van der Waals surface area contributed by atoms with Gasteiger partial charge in [0.15, 0.2) is 0 Å². The minimum atomic E-state index is -0.329. The van der Waals surface area contributed by atoms with Crippen LogP contribution in [0.4, 0.5) is 11.4 Å². The minimum Gasteiger partial charge on any atom is -0.382 e. The van der Waals surface area contributed by atoms with Crippen LogP contribution in [0.3, 0.4) is 0 Å². The molecule has 3 N–H and O–H groups in total. The van der Waals surface area contributed by atoms with Crippen molar-refractivity contribution in [3.8, 4) is 6.07 Å². The molecule has 1 amide bonds. The highest BCUT2D eigenvalue weighted by molar-refractivity contribution is 6.03. The largest absolute Gasteiger partial charge is 0.382 e. The molecule has 0 bridgehead atoms. The summed E-state index contributed by atoms with van der Waals surface area (Å²) in [6.07, 6.45) is 12.9. The van der Waals surface area contributed by atoms with Gasteiger partial charge in [0.2, 0.25) is 0 Å². The highest BCUT2D eigenvalue weighted by Gasteiger charge is 2.49. The van der Waals surface area contributed by atoms with E-state index in [1.807, 2.05) is 35.9 Å². The summed E-state index contributed by atoms with van der Waals surface area (Å²) >= 11 is 0. The third-order valence-corrected chi connectivity index (χ3v) is 9.83. The van der Waals surface area contributed by atoms with E-state index in [0.29, 0.717) is 24.1 Å². The van der Waals surface area contributed by atoms with Gasteiger partial charge < -0.3 is 20.5 Å². The summed E-state index contributed by atoms with van der Waals surface area (Å²) in [5, 5.41) is 28.4. The first kappa shape index (κ1) is 29.3. The van der Waals surface area contributed by atoms with Gasteiger partial charge in [-0.2, -0.15) is 5.26 Å². The fraction of sp³-hybridized carbons (Fsp3) is 0.559. The highest BCUT2D eigenvalue weighted by Crippen LogP contribution is 2.53. The number of aromatic nitrogens is 4. The molecule has 0 radical (unpaired) electrons. The van der Waals surface area contributed by atoms with Crippen molar-refractivity contribution in [1.82, 2.24) is 25.1 Å². The van der Waals surface area contributed by atoms with Gasteiger partial charge in [0.1, 0.15) is 17.8 Å². The second kappa shape index (κ2) is 12.1. The van der Waals surface area contributed by atoms with E-state index >= 15 is 0 Å². The predicted octanol–water partition coefficient (Wildman–Crippen LogP) is 5.98. The molecule has 3 aliphatic rings. The van der Waals surface area contributed by atoms with E-state index in [1.165, 1.54) is 44.9 Å². The van der Waals surface area contributed by atoms with Crippen LogP contribution < -0.4 is 16.0 Å². The summed E-state index contributed by atoms with van der Waals surface area (Å²) in [5.41, 5.74) is 4.89. The van der Waals surface area contributed by atoms with Crippen molar-refractivity contribution in [2.45, 2.75) is 101 Å². The van der Waals surface area contributed by atoms with E-state index in [-0.39, 0.29) is 16.7 Å². The molecule has 9 heteroatoms. The number of pyridine rings is 1. The molecule has 3 heterocycles. The summed E-state index contributed by atoms with van der Waals surface area (Å²) in [7, 11) is 1.96. The molecule has 3 aromatic rings. The number of carbonyl (C=O) groups excluding carboxylic acids is 1. The second-order valence-corrected chi connectivity index (χ2v) is 13.6. The maximum Gasteiger partial charge on any atom is 0.274 e. The van der Waals surface area contributed by atoms with Crippen LogP contribution in [0.25, 0.3) is 0 Å². The number of benzene rings is 1. The molecule has 0 unspecified atom stereocenters. The average molecular weight is 581 g/mol. The van der Waals surface area contributed by atoms with E-state index in [4.69, 9.17) is 4.98 Å². The summed E-state index contributed by atoms with van der Waals surface area (Å²) < 4.78 is 1.96. The third kappa shape index (κ3) is 5.90. The van der Waals surface area contributed by atoms with Crippen molar-refractivity contribution in [3.05, 3.63) is 65.0 Å². The lowest BCUT2D eigenvalue weighted by Gasteiger charge is -2.46. The van der Waals surface area contributed by atoms with E-state index in [2.05, 4.69) is 52.1 Å². The molecule has 2 aromatic heterocycles. The SMILES string of the molecule is Cn1cnnc1C1(c2cccc(NC(=O)c3cc(CNC4CCCCCCC4)c4c(n3)C(C)(C)CN4)c2)CC(CC#N)C1. The first-order chi connectivity index (χ1) is 20.8. The predicted molar refractivity (Wildman–Crippen MR) is 168 cm³/mol. The zero-order valence-corrected chi connectivity index (χ0v) is 25.7. The Morgan fingerprint density at radius 3 is 2.63 bits per heavy atom. The number of nitrogens with one attached hydrogen (secondary N) is 3. The maximum absolute atomic E-state index is 13.8. The Morgan fingerprint density at radius 2 is 1.91 bits per heavy atom. The first-order valence-electron chi connectivity index (χ1n) is 15.9. The Labute approximate surface area is 254 Å². The van der Waals surface area contributed by atoms with E-state index in [1.54, 1.807) is 6.33 Å². The summed E-state index contributed by atoms with van der Waals surface area (Å²) in [4.78, 5) is 18.7. The van der Waals surface area contributed by atoms with Gasteiger partial charge in [-0.25, -0.2) is 4.98 Å². The van der Waals surface area contributed by atoms with Crippen LogP contribution >= 0.6 is 0 Å².